The van der Waals surface area contributed by atoms with Gasteiger partial charge in [-0.05, 0) is 43.2 Å². The van der Waals surface area contributed by atoms with E-state index in [9.17, 15) is 5.11 Å². The Morgan fingerprint density at radius 1 is 1.33 bits per heavy atom. The SMILES string of the molecule is OC(CCN1CC2CCC1C2)c1ccccc1Br. The topological polar surface area (TPSA) is 23.5 Å². The van der Waals surface area contributed by atoms with Crippen molar-refractivity contribution in [2.75, 3.05) is 13.1 Å². The number of halogens is 1. The third-order valence-corrected chi connectivity index (χ3v) is 5.20. The normalized spacial score (nSPS) is 28.8. The molecule has 1 aliphatic carbocycles. The van der Waals surface area contributed by atoms with Crippen LogP contribution >= 0.6 is 15.9 Å². The van der Waals surface area contributed by atoms with Gasteiger partial charge in [0.25, 0.3) is 0 Å². The molecule has 1 saturated heterocycles. The van der Waals surface area contributed by atoms with E-state index in [0.29, 0.717) is 0 Å². The minimum Gasteiger partial charge on any atom is -0.388 e. The minimum atomic E-state index is -0.347. The maximum atomic E-state index is 10.3. The molecule has 3 heteroatoms. The van der Waals surface area contributed by atoms with Crippen molar-refractivity contribution < 1.29 is 5.11 Å². The summed E-state index contributed by atoms with van der Waals surface area (Å²) in [5, 5.41) is 10.3. The molecule has 18 heavy (non-hydrogen) atoms. The van der Waals surface area contributed by atoms with E-state index in [1.165, 1.54) is 25.8 Å². The van der Waals surface area contributed by atoms with Gasteiger partial charge in [-0.1, -0.05) is 34.1 Å². The van der Waals surface area contributed by atoms with E-state index < -0.39 is 0 Å². The number of benzene rings is 1. The van der Waals surface area contributed by atoms with Crippen LogP contribution in [0.5, 0.6) is 0 Å². The van der Waals surface area contributed by atoms with Crippen LogP contribution in [-0.2, 0) is 0 Å². The molecule has 2 nitrogen and oxygen atoms in total. The van der Waals surface area contributed by atoms with Crippen LogP contribution in [0.1, 0.15) is 37.4 Å². The smallest absolute Gasteiger partial charge is 0.0813 e. The molecule has 1 saturated carbocycles. The molecule has 3 rings (SSSR count). The van der Waals surface area contributed by atoms with Crippen LogP contribution in [0.15, 0.2) is 28.7 Å². The zero-order valence-corrected chi connectivity index (χ0v) is 12.1. The highest BCUT2D eigenvalue weighted by Crippen LogP contribution is 2.37. The highest BCUT2D eigenvalue weighted by Gasteiger charge is 2.37. The second-order valence-electron chi connectivity index (χ2n) is 5.65. The first kappa shape index (κ1) is 12.6. The molecule has 0 aromatic heterocycles. The van der Waals surface area contributed by atoms with E-state index in [0.717, 1.165) is 35.0 Å². The molecule has 3 unspecified atom stereocenters. The summed E-state index contributed by atoms with van der Waals surface area (Å²) in [6, 6.07) is 8.78. The van der Waals surface area contributed by atoms with E-state index >= 15 is 0 Å². The van der Waals surface area contributed by atoms with E-state index in [2.05, 4.69) is 20.8 Å². The molecule has 0 amide bonds. The number of fused-ring (bicyclic) bond motifs is 2. The van der Waals surface area contributed by atoms with Crippen LogP contribution in [0.2, 0.25) is 0 Å². The van der Waals surface area contributed by atoms with Crippen molar-refractivity contribution in [3.05, 3.63) is 34.3 Å². The monoisotopic (exact) mass is 309 g/mol. The van der Waals surface area contributed by atoms with Crippen molar-refractivity contribution in [1.29, 1.82) is 0 Å². The lowest BCUT2D eigenvalue weighted by Gasteiger charge is -2.27. The van der Waals surface area contributed by atoms with Gasteiger partial charge in [-0.3, -0.25) is 4.90 Å². The number of nitrogens with zero attached hydrogens (tertiary/aromatic N) is 1. The lowest BCUT2D eigenvalue weighted by Crippen LogP contribution is -2.33. The predicted octanol–water partition coefficient (Wildman–Crippen LogP) is 3.36. The summed E-state index contributed by atoms with van der Waals surface area (Å²) in [5.41, 5.74) is 1.02. The number of rotatable bonds is 4. The van der Waals surface area contributed by atoms with Crippen molar-refractivity contribution in [2.45, 2.75) is 37.8 Å². The molecule has 2 bridgehead atoms. The summed E-state index contributed by atoms with van der Waals surface area (Å²) in [4.78, 5) is 2.58. The van der Waals surface area contributed by atoms with Crippen molar-refractivity contribution in [2.24, 2.45) is 5.92 Å². The number of hydrogen-bond acceptors (Lipinski definition) is 2. The average Bonchev–Trinajstić information content (AvgIpc) is 2.98. The van der Waals surface area contributed by atoms with Gasteiger partial charge in [0.1, 0.15) is 0 Å². The summed E-state index contributed by atoms with van der Waals surface area (Å²) in [5.74, 6) is 0.940. The molecule has 3 atom stereocenters. The zero-order chi connectivity index (χ0) is 12.5. The zero-order valence-electron chi connectivity index (χ0n) is 10.6. The molecule has 1 aromatic carbocycles. The maximum Gasteiger partial charge on any atom is 0.0813 e. The fourth-order valence-electron chi connectivity index (χ4n) is 3.49. The minimum absolute atomic E-state index is 0.347. The van der Waals surface area contributed by atoms with E-state index in [-0.39, 0.29) is 6.10 Å². The van der Waals surface area contributed by atoms with E-state index in [1.54, 1.807) is 0 Å². The molecular formula is C15H20BrNO. The Hall–Kier alpha value is -0.380. The van der Waals surface area contributed by atoms with Gasteiger partial charge in [0, 0.05) is 23.6 Å². The molecule has 1 heterocycles. The summed E-state index contributed by atoms with van der Waals surface area (Å²) in [7, 11) is 0. The molecule has 2 fully saturated rings. The highest BCUT2D eigenvalue weighted by atomic mass is 79.9. The van der Waals surface area contributed by atoms with Crippen molar-refractivity contribution in [3.8, 4) is 0 Å². The first-order valence-corrected chi connectivity index (χ1v) is 7.70. The number of aliphatic hydroxyl groups excluding tert-OH is 1. The van der Waals surface area contributed by atoms with Crippen LogP contribution in [0.4, 0.5) is 0 Å². The van der Waals surface area contributed by atoms with Gasteiger partial charge in [-0.2, -0.15) is 0 Å². The van der Waals surface area contributed by atoms with Crippen molar-refractivity contribution >= 4 is 15.9 Å². The van der Waals surface area contributed by atoms with Gasteiger partial charge < -0.3 is 5.11 Å². The molecule has 1 aromatic rings. The first-order valence-electron chi connectivity index (χ1n) is 6.90. The molecule has 1 aliphatic heterocycles. The van der Waals surface area contributed by atoms with Crippen LogP contribution in [0.25, 0.3) is 0 Å². The fourth-order valence-corrected chi connectivity index (χ4v) is 4.04. The van der Waals surface area contributed by atoms with Gasteiger partial charge in [-0.25, -0.2) is 0 Å². The molecule has 0 radical (unpaired) electrons. The number of aliphatic hydroxyl groups is 1. The Balaban J connectivity index is 1.56. The fraction of sp³-hybridized carbons (Fsp3) is 0.600. The summed E-state index contributed by atoms with van der Waals surface area (Å²) in [6.45, 7) is 2.29. The number of piperidine rings is 1. The lowest BCUT2D eigenvalue weighted by atomic mass is 10.1. The quantitative estimate of drug-likeness (QED) is 0.922. The lowest BCUT2D eigenvalue weighted by molar-refractivity contribution is 0.128. The predicted molar refractivity (Wildman–Crippen MR) is 76.4 cm³/mol. The average molecular weight is 310 g/mol. The largest absolute Gasteiger partial charge is 0.388 e. The van der Waals surface area contributed by atoms with Gasteiger partial charge in [-0.15, -0.1) is 0 Å². The summed E-state index contributed by atoms with van der Waals surface area (Å²) in [6.07, 6.45) is 4.68. The molecular weight excluding hydrogens is 290 g/mol. The maximum absolute atomic E-state index is 10.3. The van der Waals surface area contributed by atoms with Crippen LogP contribution in [0.3, 0.4) is 0 Å². The summed E-state index contributed by atoms with van der Waals surface area (Å²) < 4.78 is 1.01. The Morgan fingerprint density at radius 2 is 2.17 bits per heavy atom. The Labute approximate surface area is 117 Å². The third kappa shape index (κ3) is 2.49. The highest BCUT2D eigenvalue weighted by molar-refractivity contribution is 9.10. The second-order valence-corrected chi connectivity index (χ2v) is 6.51. The summed E-state index contributed by atoms with van der Waals surface area (Å²) >= 11 is 3.51. The van der Waals surface area contributed by atoms with Gasteiger partial charge in [0.05, 0.1) is 6.10 Å². The van der Waals surface area contributed by atoms with Crippen molar-refractivity contribution in [1.82, 2.24) is 4.90 Å². The molecule has 98 valence electrons. The number of hydrogen-bond donors (Lipinski definition) is 1. The Kier molecular flexibility index (Phi) is 3.73. The standard InChI is InChI=1S/C15H20BrNO/c16-14-4-2-1-3-13(14)15(18)7-8-17-10-11-5-6-12(17)9-11/h1-4,11-12,15,18H,5-10H2. The Bertz CT molecular complexity index is 423. The van der Waals surface area contributed by atoms with Crippen LogP contribution in [-0.4, -0.2) is 29.1 Å². The third-order valence-electron chi connectivity index (χ3n) is 4.48. The van der Waals surface area contributed by atoms with E-state index in [4.69, 9.17) is 0 Å². The van der Waals surface area contributed by atoms with Crippen LogP contribution < -0.4 is 0 Å². The molecule has 1 N–H and O–H groups in total. The molecule has 2 aliphatic rings. The van der Waals surface area contributed by atoms with E-state index in [1.807, 2.05) is 24.3 Å². The van der Waals surface area contributed by atoms with Gasteiger partial charge >= 0.3 is 0 Å². The second kappa shape index (κ2) is 5.32. The van der Waals surface area contributed by atoms with Gasteiger partial charge in [0.15, 0.2) is 0 Å². The van der Waals surface area contributed by atoms with Crippen LogP contribution in [0, 0.1) is 5.92 Å². The van der Waals surface area contributed by atoms with Gasteiger partial charge in [0.2, 0.25) is 0 Å². The Morgan fingerprint density at radius 3 is 2.83 bits per heavy atom. The van der Waals surface area contributed by atoms with Crippen molar-refractivity contribution in [3.63, 3.8) is 0 Å². The number of likely N-dealkylation sites (tertiary alicyclic amines) is 1. The first-order chi connectivity index (χ1) is 8.74. The molecule has 0 spiro atoms.